The standard InChI is InChI=1S/C32H38N4O5/c1-21-9-7-8-12-26(21)34-32(40)35-27-14-13-23(17-29(27)41-3)18-30(37)33-22(2)25-15-16-36(20-25)28(19-31(38)39)24-10-5-4-6-11-24/h4-14,17,22,25,28H,15-16,18-20H2,1-3H3,(H,33,37)(H,38,39)(H2,34,35,40). The lowest BCUT2D eigenvalue weighted by molar-refractivity contribution is -0.138. The molecule has 0 bridgehead atoms. The van der Waals surface area contributed by atoms with Gasteiger partial charge in [-0.3, -0.25) is 14.5 Å². The van der Waals surface area contributed by atoms with Gasteiger partial charge in [-0.2, -0.15) is 0 Å². The molecule has 1 heterocycles. The Balaban J connectivity index is 1.32. The van der Waals surface area contributed by atoms with Gasteiger partial charge in [-0.1, -0.05) is 54.6 Å². The van der Waals surface area contributed by atoms with Crippen LogP contribution in [-0.2, 0) is 16.0 Å². The van der Waals surface area contributed by atoms with E-state index in [1.807, 2.05) is 68.4 Å². The van der Waals surface area contributed by atoms with E-state index in [4.69, 9.17) is 4.74 Å². The molecule has 3 amide bonds. The molecule has 216 valence electrons. The summed E-state index contributed by atoms with van der Waals surface area (Å²) in [5.74, 6) is -0.264. The highest BCUT2D eigenvalue weighted by molar-refractivity contribution is 6.01. The molecule has 9 nitrogen and oxygen atoms in total. The Kier molecular flexibility index (Phi) is 9.97. The number of nitrogens with zero attached hydrogens (tertiary/aromatic N) is 1. The predicted octanol–water partition coefficient (Wildman–Crippen LogP) is 5.23. The van der Waals surface area contributed by atoms with E-state index in [1.165, 1.54) is 7.11 Å². The zero-order valence-electron chi connectivity index (χ0n) is 23.7. The van der Waals surface area contributed by atoms with Crippen LogP contribution in [0.2, 0.25) is 0 Å². The van der Waals surface area contributed by atoms with Crippen LogP contribution in [0.3, 0.4) is 0 Å². The fourth-order valence-electron chi connectivity index (χ4n) is 5.35. The van der Waals surface area contributed by atoms with E-state index in [0.29, 0.717) is 23.7 Å². The first kappa shape index (κ1) is 29.6. The minimum atomic E-state index is -0.827. The number of aryl methyl sites for hydroxylation is 1. The number of methoxy groups -OCH3 is 1. The molecule has 4 rings (SSSR count). The summed E-state index contributed by atoms with van der Waals surface area (Å²) >= 11 is 0. The predicted molar refractivity (Wildman–Crippen MR) is 159 cm³/mol. The molecular formula is C32H38N4O5. The number of carboxylic acid groups (broad SMARTS) is 1. The van der Waals surface area contributed by atoms with Gasteiger partial charge in [0.15, 0.2) is 0 Å². The summed E-state index contributed by atoms with van der Waals surface area (Å²) in [7, 11) is 1.52. The van der Waals surface area contributed by atoms with Gasteiger partial charge in [0.2, 0.25) is 5.91 Å². The normalized spacial score (nSPS) is 16.4. The summed E-state index contributed by atoms with van der Waals surface area (Å²) < 4.78 is 5.48. The molecule has 3 unspecified atom stereocenters. The Labute approximate surface area is 240 Å². The molecule has 1 saturated heterocycles. The number of carbonyl (C=O) groups is 3. The number of aliphatic carboxylic acids is 1. The molecule has 0 spiro atoms. The van der Waals surface area contributed by atoms with Gasteiger partial charge in [0.05, 0.1) is 25.6 Å². The highest BCUT2D eigenvalue weighted by Gasteiger charge is 2.33. The van der Waals surface area contributed by atoms with Crippen molar-refractivity contribution in [3.05, 3.63) is 89.5 Å². The lowest BCUT2D eigenvalue weighted by Gasteiger charge is -2.28. The number of anilines is 2. The number of para-hydroxylation sites is 1. The van der Waals surface area contributed by atoms with Crippen LogP contribution >= 0.6 is 0 Å². The molecule has 3 aromatic rings. The van der Waals surface area contributed by atoms with Crippen LogP contribution in [0.1, 0.15) is 42.5 Å². The number of urea groups is 1. The minimum Gasteiger partial charge on any atom is -0.495 e. The highest BCUT2D eigenvalue weighted by Crippen LogP contribution is 2.32. The summed E-state index contributed by atoms with van der Waals surface area (Å²) in [5.41, 5.74) is 3.92. The zero-order chi connectivity index (χ0) is 29.4. The van der Waals surface area contributed by atoms with E-state index in [9.17, 15) is 19.5 Å². The van der Waals surface area contributed by atoms with E-state index >= 15 is 0 Å². The van der Waals surface area contributed by atoms with Crippen LogP contribution in [0.4, 0.5) is 16.2 Å². The van der Waals surface area contributed by atoms with Crippen LogP contribution in [0, 0.1) is 12.8 Å². The fraction of sp³-hybridized carbons (Fsp3) is 0.344. The van der Waals surface area contributed by atoms with Crippen molar-refractivity contribution in [3.8, 4) is 5.75 Å². The number of carbonyl (C=O) groups excluding carboxylic acids is 2. The Hall–Kier alpha value is -4.37. The Morgan fingerprint density at radius 2 is 1.71 bits per heavy atom. The second kappa shape index (κ2) is 13.8. The smallest absolute Gasteiger partial charge is 0.323 e. The lowest BCUT2D eigenvalue weighted by Crippen LogP contribution is -2.40. The summed E-state index contributed by atoms with van der Waals surface area (Å²) in [5, 5.41) is 18.3. The number of carboxylic acids is 1. The van der Waals surface area contributed by atoms with E-state index < -0.39 is 5.97 Å². The molecule has 1 aliphatic rings. The molecule has 3 atom stereocenters. The van der Waals surface area contributed by atoms with Gasteiger partial charge in [-0.15, -0.1) is 0 Å². The SMILES string of the molecule is COc1cc(CC(=O)NC(C)C2CCN(C(CC(=O)O)c3ccccc3)C2)ccc1NC(=O)Nc1ccccc1C. The van der Waals surface area contributed by atoms with Crippen molar-refractivity contribution in [2.45, 2.75) is 45.2 Å². The number of nitrogens with one attached hydrogen (secondary N) is 3. The van der Waals surface area contributed by atoms with Crippen LogP contribution < -0.4 is 20.7 Å². The molecule has 1 aliphatic heterocycles. The Bertz CT molecular complexity index is 1360. The van der Waals surface area contributed by atoms with Gasteiger partial charge < -0.3 is 25.8 Å². The van der Waals surface area contributed by atoms with E-state index in [1.54, 1.807) is 18.2 Å². The third-order valence-electron chi connectivity index (χ3n) is 7.62. The molecule has 9 heteroatoms. The van der Waals surface area contributed by atoms with E-state index in [0.717, 1.165) is 29.7 Å². The number of hydrogen-bond acceptors (Lipinski definition) is 5. The molecule has 0 radical (unpaired) electrons. The molecule has 0 aromatic heterocycles. The van der Waals surface area contributed by atoms with Gasteiger partial charge in [-0.25, -0.2) is 4.79 Å². The second-order valence-corrected chi connectivity index (χ2v) is 10.5. The second-order valence-electron chi connectivity index (χ2n) is 10.5. The quantitative estimate of drug-likeness (QED) is 0.256. The largest absolute Gasteiger partial charge is 0.495 e. The van der Waals surface area contributed by atoms with Gasteiger partial charge >= 0.3 is 12.0 Å². The van der Waals surface area contributed by atoms with Crippen molar-refractivity contribution >= 4 is 29.3 Å². The van der Waals surface area contributed by atoms with Crippen LogP contribution in [0.5, 0.6) is 5.75 Å². The zero-order valence-corrected chi connectivity index (χ0v) is 23.7. The van der Waals surface area contributed by atoms with Crippen molar-refractivity contribution in [2.24, 2.45) is 5.92 Å². The average Bonchev–Trinajstić information content (AvgIpc) is 3.44. The van der Waals surface area contributed by atoms with Crippen LogP contribution in [-0.4, -0.2) is 54.2 Å². The van der Waals surface area contributed by atoms with Crippen molar-refractivity contribution < 1.29 is 24.2 Å². The number of hydrogen-bond donors (Lipinski definition) is 4. The molecule has 41 heavy (non-hydrogen) atoms. The monoisotopic (exact) mass is 558 g/mol. The summed E-state index contributed by atoms with van der Waals surface area (Å²) in [4.78, 5) is 39.2. The topological polar surface area (TPSA) is 120 Å². The number of rotatable bonds is 11. The van der Waals surface area contributed by atoms with Crippen LogP contribution in [0.25, 0.3) is 0 Å². The number of likely N-dealkylation sites (tertiary alicyclic amines) is 1. The first-order valence-electron chi connectivity index (χ1n) is 13.8. The number of benzene rings is 3. The van der Waals surface area contributed by atoms with E-state index in [-0.39, 0.29) is 42.8 Å². The third kappa shape index (κ3) is 8.08. The molecule has 4 N–H and O–H groups in total. The van der Waals surface area contributed by atoms with Crippen molar-refractivity contribution in [2.75, 3.05) is 30.8 Å². The number of amides is 3. The summed E-state index contributed by atoms with van der Waals surface area (Å²) in [6.07, 6.45) is 1.08. The van der Waals surface area contributed by atoms with Gasteiger partial charge in [0.1, 0.15) is 5.75 Å². The Morgan fingerprint density at radius 1 is 1.00 bits per heavy atom. The maximum Gasteiger partial charge on any atom is 0.323 e. The molecular weight excluding hydrogens is 520 g/mol. The van der Waals surface area contributed by atoms with Gasteiger partial charge in [0.25, 0.3) is 0 Å². The maximum atomic E-state index is 12.9. The Morgan fingerprint density at radius 3 is 2.41 bits per heavy atom. The van der Waals surface area contributed by atoms with Crippen molar-refractivity contribution in [1.82, 2.24) is 10.2 Å². The molecule has 0 saturated carbocycles. The van der Waals surface area contributed by atoms with Crippen molar-refractivity contribution in [3.63, 3.8) is 0 Å². The minimum absolute atomic E-state index is 0.0394. The van der Waals surface area contributed by atoms with Gasteiger partial charge in [-0.05, 0) is 67.6 Å². The average molecular weight is 559 g/mol. The first-order valence-corrected chi connectivity index (χ1v) is 13.8. The molecule has 1 fully saturated rings. The lowest BCUT2D eigenvalue weighted by atomic mass is 9.99. The first-order chi connectivity index (χ1) is 19.7. The highest BCUT2D eigenvalue weighted by atomic mass is 16.5. The third-order valence-corrected chi connectivity index (χ3v) is 7.62. The van der Waals surface area contributed by atoms with E-state index in [2.05, 4.69) is 20.9 Å². The van der Waals surface area contributed by atoms with Crippen LogP contribution in [0.15, 0.2) is 72.8 Å². The number of ether oxygens (including phenoxy) is 1. The van der Waals surface area contributed by atoms with Crippen molar-refractivity contribution in [1.29, 1.82) is 0 Å². The summed E-state index contributed by atoms with van der Waals surface area (Å²) in [6, 6.07) is 21.9. The fourth-order valence-corrected chi connectivity index (χ4v) is 5.35. The van der Waals surface area contributed by atoms with Gasteiger partial charge in [0, 0.05) is 24.3 Å². The summed E-state index contributed by atoms with van der Waals surface area (Å²) in [6.45, 7) is 5.41. The molecule has 3 aromatic carbocycles. The molecule has 0 aliphatic carbocycles. The maximum absolute atomic E-state index is 12.9.